The molecule has 3 nitrogen and oxygen atoms in total. The molecule has 1 aromatic carbocycles. The summed E-state index contributed by atoms with van der Waals surface area (Å²) in [6.07, 6.45) is 4.81. The van der Waals surface area contributed by atoms with E-state index in [1.807, 2.05) is 24.3 Å². The second-order valence-electron chi connectivity index (χ2n) is 5.13. The van der Waals surface area contributed by atoms with Crippen LogP contribution in [0.2, 0.25) is 0 Å². The van der Waals surface area contributed by atoms with Crippen LogP contribution in [0.15, 0.2) is 53.5 Å². The second-order valence-corrected chi connectivity index (χ2v) is 5.13. The van der Waals surface area contributed by atoms with Gasteiger partial charge in [-0.1, -0.05) is 25.1 Å². The van der Waals surface area contributed by atoms with E-state index >= 15 is 0 Å². The van der Waals surface area contributed by atoms with Gasteiger partial charge in [-0.25, -0.2) is 0 Å². The maximum Gasteiger partial charge on any atom is 0.255 e. The third-order valence-electron chi connectivity index (χ3n) is 3.58. The van der Waals surface area contributed by atoms with Crippen LogP contribution in [-0.2, 0) is 6.42 Å². The Morgan fingerprint density at radius 1 is 1.30 bits per heavy atom. The normalized spacial score (nSPS) is 17.0. The van der Waals surface area contributed by atoms with Gasteiger partial charge in [-0.05, 0) is 36.1 Å². The van der Waals surface area contributed by atoms with E-state index in [0.717, 1.165) is 17.7 Å². The minimum Gasteiger partial charge on any atom is -0.284 e. The highest BCUT2D eigenvalue weighted by atomic mass is 16.1. The van der Waals surface area contributed by atoms with Crippen LogP contribution in [0, 0.1) is 17.2 Å². The van der Waals surface area contributed by atoms with Crippen LogP contribution in [-0.4, -0.2) is 4.57 Å². The number of hydrogen-bond donors (Lipinski definition) is 0. The lowest BCUT2D eigenvalue weighted by molar-refractivity contribution is 0.705. The SMILES string of the molecule is CC1C=C(n2ccccc2=O)c2cc(C#N)ccc2C1. The highest BCUT2D eigenvalue weighted by Crippen LogP contribution is 2.30. The number of rotatable bonds is 1. The molecule has 2 aromatic rings. The summed E-state index contributed by atoms with van der Waals surface area (Å²) in [4.78, 5) is 12.0. The van der Waals surface area contributed by atoms with Gasteiger partial charge >= 0.3 is 0 Å². The van der Waals surface area contributed by atoms with E-state index in [2.05, 4.69) is 19.1 Å². The second kappa shape index (κ2) is 4.82. The number of fused-ring (bicyclic) bond motifs is 1. The summed E-state index contributed by atoms with van der Waals surface area (Å²) >= 11 is 0. The first kappa shape index (κ1) is 12.4. The third-order valence-corrected chi connectivity index (χ3v) is 3.58. The Morgan fingerprint density at radius 2 is 2.15 bits per heavy atom. The maximum atomic E-state index is 12.0. The fourth-order valence-corrected chi connectivity index (χ4v) is 2.66. The van der Waals surface area contributed by atoms with Crippen LogP contribution in [0.25, 0.3) is 5.70 Å². The van der Waals surface area contributed by atoms with Crippen LogP contribution >= 0.6 is 0 Å². The largest absolute Gasteiger partial charge is 0.284 e. The van der Waals surface area contributed by atoms with Gasteiger partial charge < -0.3 is 0 Å². The van der Waals surface area contributed by atoms with E-state index in [4.69, 9.17) is 5.26 Å². The monoisotopic (exact) mass is 262 g/mol. The van der Waals surface area contributed by atoms with Gasteiger partial charge in [0.1, 0.15) is 0 Å². The molecule has 3 heteroatoms. The summed E-state index contributed by atoms with van der Waals surface area (Å²) in [5, 5.41) is 9.06. The van der Waals surface area contributed by atoms with Crippen molar-refractivity contribution < 1.29 is 0 Å². The lowest BCUT2D eigenvalue weighted by Crippen LogP contribution is -2.21. The fraction of sp³-hybridized carbons (Fsp3) is 0.176. The molecule has 0 N–H and O–H groups in total. The Bertz CT molecular complexity index is 793. The molecule has 0 fully saturated rings. The molecule has 0 aliphatic heterocycles. The van der Waals surface area contributed by atoms with Gasteiger partial charge in [0.25, 0.3) is 5.56 Å². The molecule has 1 heterocycles. The van der Waals surface area contributed by atoms with Crippen LogP contribution < -0.4 is 5.56 Å². The average Bonchev–Trinajstić information content (AvgIpc) is 2.46. The van der Waals surface area contributed by atoms with Crippen molar-refractivity contribution in [3.8, 4) is 6.07 Å². The van der Waals surface area contributed by atoms with Gasteiger partial charge in [-0.3, -0.25) is 9.36 Å². The van der Waals surface area contributed by atoms with Crippen molar-refractivity contribution in [1.29, 1.82) is 5.26 Å². The summed E-state index contributed by atoms with van der Waals surface area (Å²) in [7, 11) is 0. The van der Waals surface area contributed by atoms with Crippen molar-refractivity contribution in [2.75, 3.05) is 0 Å². The van der Waals surface area contributed by atoms with Gasteiger partial charge in [0.05, 0.1) is 17.3 Å². The average molecular weight is 262 g/mol. The molecule has 98 valence electrons. The van der Waals surface area contributed by atoms with Crippen LogP contribution in [0.3, 0.4) is 0 Å². The molecular formula is C17H14N2O. The van der Waals surface area contributed by atoms with E-state index in [0.29, 0.717) is 11.5 Å². The van der Waals surface area contributed by atoms with Crippen molar-refractivity contribution in [2.45, 2.75) is 13.3 Å². The minimum absolute atomic E-state index is 0.0545. The molecule has 0 amide bonds. The number of benzene rings is 1. The lowest BCUT2D eigenvalue weighted by atomic mass is 9.87. The smallest absolute Gasteiger partial charge is 0.255 e. The summed E-state index contributed by atoms with van der Waals surface area (Å²) in [6.45, 7) is 2.13. The van der Waals surface area contributed by atoms with Crippen molar-refractivity contribution in [3.63, 3.8) is 0 Å². The van der Waals surface area contributed by atoms with Gasteiger partial charge in [0.15, 0.2) is 0 Å². The van der Waals surface area contributed by atoms with Crippen molar-refractivity contribution in [2.24, 2.45) is 5.92 Å². The molecular weight excluding hydrogens is 248 g/mol. The Morgan fingerprint density at radius 3 is 2.90 bits per heavy atom. The number of hydrogen-bond acceptors (Lipinski definition) is 2. The Kier molecular flexibility index (Phi) is 3.00. The minimum atomic E-state index is -0.0545. The highest BCUT2D eigenvalue weighted by molar-refractivity contribution is 5.71. The van der Waals surface area contributed by atoms with E-state index in [1.54, 1.807) is 22.9 Å². The molecule has 1 unspecified atom stereocenters. The van der Waals surface area contributed by atoms with Gasteiger partial charge in [0.2, 0.25) is 0 Å². The molecule has 3 rings (SSSR count). The van der Waals surface area contributed by atoms with Crippen LogP contribution in [0.1, 0.15) is 23.6 Å². The first-order valence-corrected chi connectivity index (χ1v) is 6.62. The summed E-state index contributed by atoms with van der Waals surface area (Å²) in [5.74, 6) is 0.373. The molecule has 0 radical (unpaired) electrons. The summed E-state index contributed by atoms with van der Waals surface area (Å²) in [6, 6.07) is 13.0. The van der Waals surface area contributed by atoms with Gasteiger partial charge in [-0.15, -0.1) is 0 Å². The molecule has 0 saturated heterocycles. The standard InChI is InChI=1S/C17H14N2O/c1-12-8-14-6-5-13(11-18)10-15(14)16(9-12)19-7-3-2-4-17(19)20/h2-7,9-10,12H,8H2,1H3. The first-order chi connectivity index (χ1) is 9.69. The molecule has 1 atom stereocenters. The van der Waals surface area contributed by atoms with Crippen molar-refractivity contribution in [3.05, 3.63) is 75.7 Å². The molecule has 0 saturated carbocycles. The van der Waals surface area contributed by atoms with Crippen LogP contribution in [0.5, 0.6) is 0 Å². The molecule has 0 bridgehead atoms. The predicted molar refractivity (Wildman–Crippen MR) is 78.1 cm³/mol. The maximum absolute atomic E-state index is 12.0. The molecule has 1 aromatic heterocycles. The Hall–Kier alpha value is -2.60. The van der Waals surface area contributed by atoms with Gasteiger partial charge in [0, 0.05) is 17.8 Å². The number of nitrogens with zero attached hydrogens (tertiary/aromatic N) is 2. The Balaban J connectivity index is 2.24. The molecule has 1 aliphatic carbocycles. The quantitative estimate of drug-likeness (QED) is 0.793. The Labute approximate surface area is 117 Å². The zero-order chi connectivity index (χ0) is 14.1. The lowest BCUT2D eigenvalue weighted by Gasteiger charge is -2.23. The number of aromatic nitrogens is 1. The zero-order valence-electron chi connectivity index (χ0n) is 11.2. The third kappa shape index (κ3) is 2.06. The van der Waals surface area contributed by atoms with Gasteiger partial charge in [-0.2, -0.15) is 5.26 Å². The van der Waals surface area contributed by atoms with E-state index in [1.165, 1.54) is 5.56 Å². The van der Waals surface area contributed by atoms with Crippen molar-refractivity contribution in [1.82, 2.24) is 4.57 Å². The number of pyridine rings is 1. The highest BCUT2D eigenvalue weighted by Gasteiger charge is 2.19. The van der Waals surface area contributed by atoms with E-state index in [-0.39, 0.29) is 5.56 Å². The summed E-state index contributed by atoms with van der Waals surface area (Å²) < 4.78 is 1.65. The zero-order valence-corrected chi connectivity index (χ0v) is 11.2. The summed E-state index contributed by atoms with van der Waals surface area (Å²) in [5.41, 5.74) is 3.61. The number of nitriles is 1. The van der Waals surface area contributed by atoms with Crippen molar-refractivity contribution >= 4 is 5.70 Å². The fourth-order valence-electron chi connectivity index (χ4n) is 2.66. The van der Waals surface area contributed by atoms with E-state index < -0.39 is 0 Å². The predicted octanol–water partition coefficient (Wildman–Crippen LogP) is 2.80. The van der Waals surface area contributed by atoms with Crippen LogP contribution in [0.4, 0.5) is 0 Å². The molecule has 20 heavy (non-hydrogen) atoms. The molecule has 1 aliphatic rings. The topological polar surface area (TPSA) is 45.8 Å². The molecule has 0 spiro atoms. The number of allylic oxidation sites excluding steroid dienone is 1. The first-order valence-electron chi connectivity index (χ1n) is 6.62. The van der Waals surface area contributed by atoms with E-state index in [9.17, 15) is 4.79 Å².